The lowest BCUT2D eigenvalue weighted by atomic mass is 9.85. The van der Waals surface area contributed by atoms with Gasteiger partial charge in [-0.15, -0.1) is 0 Å². The fourth-order valence-electron chi connectivity index (χ4n) is 11.5. The van der Waals surface area contributed by atoms with Crippen molar-refractivity contribution in [3.05, 3.63) is 106 Å². The van der Waals surface area contributed by atoms with Crippen LogP contribution in [0.2, 0.25) is 0 Å². The Kier molecular flexibility index (Phi) is 22.6. The number of aryl methyl sites for hydroxylation is 2. The van der Waals surface area contributed by atoms with Crippen LogP contribution in [0, 0.1) is 10.8 Å². The third-order valence-electron chi connectivity index (χ3n) is 16.5. The molecule has 0 radical (unpaired) electrons. The monoisotopic (exact) mass is 1170 g/mol. The number of amides is 10. The summed E-state index contributed by atoms with van der Waals surface area (Å²) < 4.78 is 0. The quantitative estimate of drug-likeness (QED) is 0.0782. The molecule has 0 spiro atoms. The summed E-state index contributed by atoms with van der Waals surface area (Å²) >= 11 is 0. The molecule has 10 N–H and O–H groups in total. The van der Waals surface area contributed by atoms with Gasteiger partial charge in [0.1, 0.15) is 24.2 Å². The van der Waals surface area contributed by atoms with Gasteiger partial charge in [-0.2, -0.15) is 0 Å². The van der Waals surface area contributed by atoms with Gasteiger partial charge in [-0.05, 0) is 131 Å². The van der Waals surface area contributed by atoms with Crippen LogP contribution in [-0.2, 0) is 51.2 Å². The molecule has 2 saturated heterocycles. The van der Waals surface area contributed by atoms with Crippen molar-refractivity contribution in [2.24, 2.45) is 10.8 Å². The number of nitrogens with zero attached hydrogens (tertiary/aromatic N) is 2. The molecule has 2 unspecified atom stereocenters. The molecule has 0 aromatic heterocycles. The number of fused-ring (bicyclic) bond motifs is 2. The van der Waals surface area contributed by atoms with E-state index in [4.69, 9.17) is 0 Å². The van der Waals surface area contributed by atoms with E-state index >= 15 is 0 Å². The van der Waals surface area contributed by atoms with Crippen molar-refractivity contribution in [3.63, 3.8) is 0 Å². The molecule has 462 valence electrons. The third-order valence-corrected chi connectivity index (χ3v) is 16.5. The van der Waals surface area contributed by atoms with Crippen molar-refractivity contribution < 1.29 is 47.9 Å². The Labute approximate surface area is 500 Å². The van der Waals surface area contributed by atoms with Crippen molar-refractivity contribution in [3.8, 4) is 0 Å². The van der Waals surface area contributed by atoms with Crippen LogP contribution < -0.4 is 53.2 Å². The Balaban J connectivity index is 0.0000116. The summed E-state index contributed by atoms with van der Waals surface area (Å²) in [6.07, 6.45) is 5.07. The lowest BCUT2D eigenvalue weighted by molar-refractivity contribution is -0.144. The van der Waals surface area contributed by atoms with E-state index in [-0.39, 0.29) is 68.4 Å². The van der Waals surface area contributed by atoms with E-state index in [1.807, 2.05) is 90.1 Å². The number of rotatable bonds is 20. The summed E-state index contributed by atoms with van der Waals surface area (Å²) in [5.74, 6) is -5.06. The molecule has 3 aromatic carbocycles. The van der Waals surface area contributed by atoms with Crippen LogP contribution in [0.1, 0.15) is 156 Å². The van der Waals surface area contributed by atoms with Crippen LogP contribution in [0.4, 0.5) is 0 Å². The smallest absolute Gasteiger partial charge is 0.251 e. The molecule has 7 rings (SSSR count). The minimum atomic E-state index is -1.01. The average Bonchev–Trinajstić information content (AvgIpc) is 2.64. The van der Waals surface area contributed by atoms with Crippen molar-refractivity contribution in [2.45, 2.75) is 175 Å². The van der Waals surface area contributed by atoms with Gasteiger partial charge in [-0.25, -0.2) is 0 Å². The summed E-state index contributed by atoms with van der Waals surface area (Å²) in [6.45, 7) is 13.2. The van der Waals surface area contributed by atoms with Gasteiger partial charge in [0.25, 0.3) is 11.8 Å². The van der Waals surface area contributed by atoms with Gasteiger partial charge in [0.15, 0.2) is 0 Å². The fourth-order valence-corrected chi connectivity index (χ4v) is 11.5. The first-order valence-electron chi connectivity index (χ1n) is 29.4. The summed E-state index contributed by atoms with van der Waals surface area (Å²) in [5.41, 5.74) is 2.89. The van der Waals surface area contributed by atoms with Gasteiger partial charge in [0.05, 0.1) is 37.3 Å². The van der Waals surface area contributed by atoms with E-state index in [9.17, 15) is 47.9 Å². The standard InChI is InChI=1S/C62H86N12O10.CH4/c1-35(63-9)53(77)71-51(61(3,4)5)59(83)73-33-41(29-47(73)57(81)69-45-26-16-20-37-18-11-13-24-43(37)45)67-49(75)31-65-55(79)39-22-15-23-40(28-39)56(80)66-32-50(76)68-42-30-48(58(82)70-46-27-17-21-38-19-12-14-25-44(38)46)74(34-42)60(84)52(62(6,7)8)72-54(78)36(2)64-10;/h11-15,18-19,22-25,28,35-36,41-42,45-48,51-52,63-64H,16-17,20-21,26-27,29-34H2,1-10H3,(H,65,79)(H,66,80)(H,67,75)(H,68,76)(H,69,81)(H,70,82)(H,71,77)(H,72,78);1H4/t35-,36-,41-,42-,45+,46+,47-,48?,51+,52?;/m0./s1. The normalized spacial score (nSPS) is 21.4. The van der Waals surface area contributed by atoms with Gasteiger partial charge in [-0.3, -0.25) is 47.9 Å². The molecule has 22 nitrogen and oxygen atoms in total. The SMILES string of the molecule is C.CN[C@@H](C)C(=O)NC(C(=O)N1C[C@@H](NC(=O)CNC(=O)c2cccc(C(=O)NCC(=O)N[C@H]3C[C@@H](C(=O)N[C@@H]4CCCc5ccccc54)N(C(=O)[C@@H](NC(=O)[C@H](C)NC)C(C)(C)C)C3)c2)CC1C(=O)N[C@@H]1CCCc2ccccc21)C(C)(C)C. The maximum atomic E-state index is 14.6. The van der Waals surface area contributed by atoms with Crippen molar-refractivity contribution in [2.75, 3.05) is 40.3 Å². The molecule has 2 fully saturated rings. The van der Waals surface area contributed by atoms with E-state index in [1.165, 1.54) is 34.1 Å². The molecule has 2 aliphatic heterocycles. The highest BCUT2D eigenvalue weighted by atomic mass is 16.2. The molecule has 10 atom stereocenters. The fraction of sp³-hybridized carbons (Fsp3) is 0.556. The van der Waals surface area contributed by atoms with Crippen LogP contribution >= 0.6 is 0 Å². The number of likely N-dealkylation sites (tertiary alicyclic amines) is 2. The molecular weight excluding hydrogens is 1080 g/mol. The molecule has 0 saturated carbocycles. The topological polar surface area (TPSA) is 297 Å². The highest BCUT2D eigenvalue weighted by Crippen LogP contribution is 2.34. The van der Waals surface area contributed by atoms with Crippen molar-refractivity contribution >= 4 is 59.1 Å². The number of benzene rings is 3. The Morgan fingerprint density at radius 2 is 0.906 bits per heavy atom. The highest BCUT2D eigenvalue weighted by Gasteiger charge is 2.48. The highest BCUT2D eigenvalue weighted by molar-refractivity contribution is 6.02. The minimum Gasteiger partial charge on any atom is -0.350 e. The first-order chi connectivity index (χ1) is 39.8. The first-order valence-corrected chi connectivity index (χ1v) is 29.4. The zero-order valence-corrected chi connectivity index (χ0v) is 50.2. The zero-order chi connectivity index (χ0) is 61.2. The van der Waals surface area contributed by atoms with E-state index in [1.54, 1.807) is 27.9 Å². The molecule has 10 amide bonds. The van der Waals surface area contributed by atoms with E-state index in [0.717, 1.165) is 47.9 Å². The first kappa shape index (κ1) is 66.4. The molecule has 85 heavy (non-hydrogen) atoms. The Morgan fingerprint density at radius 1 is 0.529 bits per heavy atom. The van der Waals surface area contributed by atoms with Crippen LogP contribution in [0.15, 0.2) is 72.8 Å². The molecule has 2 heterocycles. The molecular formula is C63H90N12O10. The summed E-state index contributed by atoms with van der Waals surface area (Å²) in [7, 11) is 3.27. The maximum absolute atomic E-state index is 14.6. The van der Waals surface area contributed by atoms with Crippen LogP contribution in [0.25, 0.3) is 0 Å². The van der Waals surface area contributed by atoms with E-state index in [0.29, 0.717) is 12.8 Å². The maximum Gasteiger partial charge on any atom is 0.251 e. The van der Waals surface area contributed by atoms with Crippen LogP contribution in [0.3, 0.4) is 0 Å². The number of carbonyl (C=O) groups is 10. The van der Waals surface area contributed by atoms with Gasteiger partial charge < -0.3 is 63.0 Å². The second-order valence-corrected chi connectivity index (χ2v) is 24.9. The van der Waals surface area contributed by atoms with Crippen molar-refractivity contribution in [1.29, 1.82) is 0 Å². The lowest BCUT2D eigenvalue weighted by Gasteiger charge is -2.36. The zero-order valence-electron chi connectivity index (χ0n) is 50.2. The molecule has 22 heteroatoms. The molecule has 3 aromatic rings. The van der Waals surface area contributed by atoms with Crippen LogP contribution in [0.5, 0.6) is 0 Å². The summed E-state index contributed by atoms with van der Waals surface area (Å²) in [6, 6.07) is 14.4. The second kappa shape index (κ2) is 28.9. The van der Waals surface area contributed by atoms with Crippen LogP contribution in [-0.4, -0.2) is 157 Å². The molecule has 0 bridgehead atoms. The average molecular weight is 1180 g/mol. The Bertz CT molecular complexity index is 2770. The van der Waals surface area contributed by atoms with Gasteiger partial charge in [0, 0.05) is 36.3 Å². The number of carbonyl (C=O) groups excluding carboxylic acids is 10. The lowest BCUT2D eigenvalue weighted by Crippen LogP contribution is -2.59. The third kappa shape index (κ3) is 16.8. The molecule has 2 aliphatic carbocycles. The van der Waals surface area contributed by atoms with E-state index < -0.39 is 120 Å². The number of hydrogen-bond donors (Lipinski definition) is 10. The molecule has 4 aliphatic rings. The summed E-state index contributed by atoms with van der Waals surface area (Å²) in [5, 5.41) is 28.8. The van der Waals surface area contributed by atoms with Gasteiger partial charge in [-0.1, -0.05) is 104 Å². The van der Waals surface area contributed by atoms with E-state index in [2.05, 4.69) is 53.2 Å². The predicted molar refractivity (Wildman–Crippen MR) is 322 cm³/mol. The largest absolute Gasteiger partial charge is 0.350 e. The second-order valence-electron chi connectivity index (χ2n) is 24.9. The Hall–Kier alpha value is -7.72. The predicted octanol–water partition coefficient (Wildman–Crippen LogP) is 2.62. The Morgan fingerprint density at radius 3 is 1.27 bits per heavy atom. The number of nitrogens with one attached hydrogen (secondary N) is 10. The number of likely N-dealkylation sites (N-methyl/N-ethyl adjacent to an activating group) is 2. The van der Waals surface area contributed by atoms with Crippen molar-refractivity contribution in [1.82, 2.24) is 63.0 Å². The van der Waals surface area contributed by atoms with Gasteiger partial charge in [0.2, 0.25) is 47.3 Å². The summed E-state index contributed by atoms with van der Waals surface area (Å²) in [4.78, 5) is 141. The van der Waals surface area contributed by atoms with Gasteiger partial charge >= 0.3 is 0 Å². The number of hydrogen-bond acceptors (Lipinski definition) is 12. The minimum absolute atomic E-state index is 0.